The molecule has 1 aliphatic heterocycles. The average Bonchev–Trinajstić information content (AvgIpc) is 2.52. The topological polar surface area (TPSA) is 66.6 Å². The molecule has 110 valence electrons. The Balaban J connectivity index is 1.87. The van der Waals surface area contributed by atoms with Gasteiger partial charge in [-0.3, -0.25) is 4.79 Å². The first-order valence-corrected chi connectivity index (χ1v) is 7.43. The number of benzene rings is 1. The minimum absolute atomic E-state index is 0.0142. The molecule has 1 aromatic carbocycles. The van der Waals surface area contributed by atoms with Crippen molar-refractivity contribution >= 4 is 5.91 Å². The van der Waals surface area contributed by atoms with Gasteiger partial charge in [0.05, 0.1) is 18.7 Å². The molecule has 20 heavy (non-hydrogen) atoms. The summed E-state index contributed by atoms with van der Waals surface area (Å²) in [6.45, 7) is 0.764. The van der Waals surface area contributed by atoms with Crippen molar-refractivity contribution in [2.75, 3.05) is 13.2 Å². The first kappa shape index (κ1) is 15.0. The summed E-state index contributed by atoms with van der Waals surface area (Å²) in [5, 5.41) is 9.37. The zero-order valence-corrected chi connectivity index (χ0v) is 11.9. The smallest absolute Gasteiger partial charge is 0.239 e. The molecule has 1 fully saturated rings. The lowest BCUT2D eigenvalue weighted by Gasteiger charge is -2.36. The molecule has 3 N–H and O–H groups in total. The van der Waals surface area contributed by atoms with E-state index in [9.17, 15) is 9.90 Å². The Morgan fingerprint density at radius 3 is 2.80 bits per heavy atom. The Morgan fingerprint density at radius 2 is 2.10 bits per heavy atom. The third-order valence-electron chi connectivity index (χ3n) is 4.03. The number of amides is 1. The van der Waals surface area contributed by atoms with Gasteiger partial charge < -0.3 is 15.7 Å². The lowest BCUT2D eigenvalue weighted by atomic mass is 9.99. The zero-order chi connectivity index (χ0) is 14.4. The molecule has 0 radical (unpaired) electrons. The molecule has 0 aromatic heterocycles. The summed E-state index contributed by atoms with van der Waals surface area (Å²) in [5.74, 6) is -0.0142. The molecule has 1 amide bonds. The van der Waals surface area contributed by atoms with Crippen LogP contribution in [0.2, 0.25) is 0 Å². The predicted molar refractivity (Wildman–Crippen MR) is 79.2 cm³/mol. The first-order chi connectivity index (χ1) is 9.72. The second-order valence-corrected chi connectivity index (χ2v) is 5.49. The minimum atomic E-state index is -0.470. The molecule has 4 heteroatoms. The Labute approximate surface area is 120 Å². The highest BCUT2D eigenvalue weighted by atomic mass is 16.3. The Kier molecular flexibility index (Phi) is 5.56. The fourth-order valence-corrected chi connectivity index (χ4v) is 2.78. The predicted octanol–water partition coefficient (Wildman–Crippen LogP) is 1.32. The van der Waals surface area contributed by atoms with Crippen molar-refractivity contribution in [1.82, 2.24) is 4.90 Å². The van der Waals surface area contributed by atoms with Gasteiger partial charge in [-0.1, -0.05) is 30.3 Å². The summed E-state index contributed by atoms with van der Waals surface area (Å²) >= 11 is 0. The van der Waals surface area contributed by atoms with Gasteiger partial charge in [0.1, 0.15) is 0 Å². The summed E-state index contributed by atoms with van der Waals surface area (Å²) < 4.78 is 0. The number of hydrogen-bond donors (Lipinski definition) is 2. The van der Waals surface area contributed by atoms with Crippen LogP contribution in [-0.2, 0) is 11.2 Å². The van der Waals surface area contributed by atoms with Crippen molar-refractivity contribution in [2.45, 2.75) is 44.2 Å². The number of piperidine rings is 1. The number of aliphatic hydroxyl groups excluding tert-OH is 1. The molecule has 2 rings (SSSR count). The number of rotatable bonds is 5. The maximum absolute atomic E-state index is 12.4. The highest BCUT2D eigenvalue weighted by Gasteiger charge is 2.29. The summed E-state index contributed by atoms with van der Waals surface area (Å²) in [4.78, 5) is 14.2. The number of carbonyl (C=O) groups excluding carboxylic acids is 1. The highest BCUT2D eigenvalue weighted by Crippen LogP contribution is 2.18. The van der Waals surface area contributed by atoms with Gasteiger partial charge in [0.2, 0.25) is 5.91 Å². The second-order valence-electron chi connectivity index (χ2n) is 5.49. The van der Waals surface area contributed by atoms with Crippen LogP contribution in [0.25, 0.3) is 0 Å². The maximum atomic E-state index is 12.4. The monoisotopic (exact) mass is 276 g/mol. The van der Waals surface area contributed by atoms with E-state index in [1.807, 2.05) is 18.2 Å². The van der Waals surface area contributed by atoms with Crippen molar-refractivity contribution in [3.05, 3.63) is 35.9 Å². The first-order valence-electron chi connectivity index (χ1n) is 7.43. The maximum Gasteiger partial charge on any atom is 0.239 e. The van der Waals surface area contributed by atoms with Gasteiger partial charge in [-0.15, -0.1) is 0 Å². The highest BCUT2D eigenvalue weighted by molar-refractivity contribution is 5.82. The Bertz CT molecular complexity index is 422. The zero-order valence-electron chi connectivity index (χ0n) is 11.9. The number of nitrogens with two attached hydrogens (primary N) is 1. The van der Waals surface area contributed by atoms with Gasteiger partial charge in [-0.2, -0.15) is 0 Å². The summed E-state index contributed by atoms with van der Waals surface area (Å²) in [6.07, 6.45) is 4.43. The number of aliphatic hydroxyl groups is 1. The number of hydrogen-bond acceptors (Lipinski definition) is 3. The number of aryl methyl sites for hydroxylation is 1. The molecule has 1 unspecified atom stereocenters. The Hall–Kier alpha value is -1.39. The van der Waals surface area contributed by atoms with Gasteiger partial charge in [0.15, 0.2) is 0 Å². The third kappa shape index (κ3) is 3.81. The summed E-state index contributed by atoms with van der Waals surface area (Å²) in [6, 6.07) is 9.56. The van der Waals surface area contributed by atoms with Crippen molar-refractivity contribution in [3.8, 4) is 0 Å². The molecule has 1 aromatic rings. The normalized spacial score (nSPS) is 20.7. The van der Waals surface area contributed by atoms with Crippen LogP contribution in [-0.4, -0.2) is 41.1 Å². The lowest BCUT2D eigenvalue weighted by Crippen LogP contribution is -2.52. The molecule has 0 spiro atoms. The van der Waals surface area contributed by atoms with E-state index in [-0.39, 0.29) is 18.6 Å². The summed E-state index contributed by atoms with van der Waals surface area (Å²) in [7, 11) is 0. The van der Waals surface area contributed by atoms with Crippen LogP contribution in [0.4, 0.5) is 0 Å². The van der Waals surface area contributed by atoms with Crippen molar-refractivity contribution in [3.63, 3.8) is 0 Å². The number of carbonyl (C=O) groups is 1. The molecule has 0 aliphatic carbocycles. The van der Waals surface area contributed by atoms with Gasteiger partial charge in [-0.05, 0) is 37.7 Å². The molecule has 0 bridgehead atoms. The van der Waals surface area contributed by atoms with Gasteiger partial charge >= 0.3 is 0 Å². The van der Waals surface area contributed by atoms with E-state index >= 15 is 0 Å². The van der Waals surface area contributed by atoms with Crippen LogP contribution in [0.3, 0.4) is 0 Å². The summed E-state index contributed by atoms with van der Waals surface area (Å²) in [5.41, 5.74) is 7.24. The van der Waals surface area contributed by atoms with Crippen LogP contribution in [0.1, 0.15) is 31.2 Å². The molecule has 4 nitrogen and oxygen atoms in total. The van der Waals surface area contributed by atoms with Crippen LogP contribution in [0.15, 0.2) is 30.3 Å². The van der Waals surface area contributed by atoms with E-state index in [1.165, 1.54) is 5.56 Å². The van der Waals surface area contributed by atoms with Crippen LogP contribution >= 0.6 is 0 Å². The molecule has 1 heterocycles. The lowest BCUT2D eigenvalue weighted by molar-refractivity contribution is -0.137. The fraction of sp³-hybridized carbons (Fsp3) is 0.562. The van der Waals surface area contributed by atoms with Gasteiger partial charge in [0, 0.05) is 6.54 Å². The van der Waals surface area contributed by atoms with Crippen molar-refractivity contribution in [2.24, 2.45) is 5.73 Å². The van der Waals surface area contributed by atoms with Gasteiger partial charge in [-0.25, -0.2) is 0 Å². The number of likely N-dealkylation sites (tertiary alicyclic amines) is 1. The third-order valence-corrected chi connectivity index (χ3v) is 4.03. The standard InChI is InChI=1S/C16H24N2O2/c17-15(10-9-13-6-2-1-3-7-13)16(20)18-11-5-4-8-14(18)12-19/h1-3,6-7,14-15,19H,4-5,8-12,17H2/t14?,15-/m0/s1. The largest absolute Gasteiger partial charge is 0.394 e. The molecule has 0 saturated carbocycles. The van der Waals surface area contributed by atoms with Crippen LogP contribution in [0.5, 0.6) is 0 Å². The fourth-order valence-electron chi connectivity index (χ4n) is 2.78. The SMILES string of the molecule is N[C@@H](CCc1ccccc1)C(=O)N1CCCCC1CO. The Morgan fingerprint density at radius 1 is 1.35 bits per heavy atom. The van der Waals surface area contributed by atoms with E-state index in [4.69, 9.17) is 5.73 Å². The second kappa shape index (κ2) is 7.41. The average molecular weight is 276 g/mol. The molecule has 1 aliphatic rings. The van der Waals surface area contributed by atoms with E-state index in [2.05, 4.69) is 12.1 Å². The van der Waals surface area contributed by atoms with Gasteiger partial charge in [0.25, 0.3) is 0 Å². The van der Waals surface area contributed by atoms with E-state index in [1.54, 1.807) is 4.90 Å². The number of nitrogens with zero attached hydrogens (tertiary/aromatic N) is 1. The molecular weight excluding hydrogens is 252 g/mol. The van der Waals surface area contributed by atoms with E-state index in [0.29, 0.717) is 6.42 Å². The van der Waals surface area contributed by atoms with Crippen LogP contribution in [0, 0.1) is 0 Å². The minimum Gasteiger partial charge on any atom is -0.394 e. The molecule has 1 saturated heterocycles. The molecular formula is C16H24N2O2. The van der Waals surface area contributed by atoms with Crippen LogP contribution < -0.4 is 5.73 Å². The van der Waals surface area contributed by atoms with E-state index < -0.39 is 6.04 Å². The van der Waals surface area contributed by atoms with E-state index in [0.717, 1.165) is 32.2 Å². The van der Waals surface area contributed by atoms with Crippen molar-refractivity contribution < 1.29 is 9.90 Å². The quantitative estimate of drug-likeness (QED) is 0.852. The molecule has 2 atom stereocenters. The van der Waals surface area contributed by atoms with Crippen molar-refractivity contribution in [1.29, 1.82) is 0 Å².